The number of phenolic OH excluding ortho intramolecular Hbond substituents is 1. The van der Waals surface area contributed by atoms with E-state index in [4.69, 9.17) is 11.6 Å². The number of amides is 1. The number of aromatic nitrogens is 2. The number of hydrazone groups is 1. The van der Waals surface area contributed by atoms with E-state index in [1.165, 1.54) is 18.3 Å². The Morgan fingerprint density at radius 2 is 2.00 bits per heavy atom. The zero-order valence-electron chi connectivity index (χ0n) is 12.4. The van der Waals surface area contributed by atoms with Gasteiger partial charge in [-0.25, -0.2) is 5.43 Å². The molecule has 0 fully saturated rings. The van der Waals surface area contributed by atoms with Crippen LogP contribution in [0.2, 0.25) is 5.02 Å². The van der Waals surface area contributed by atoms with Crippen molar-refractivity contribution in [2.45, 2.75) is 0 Å². The van der Waals surface area contributed by atoms with E-state index in [0.29, 0.717) is 16.3 Å². The third-order valence-electron chi connectivity index (χ3n) is 3.25. The first kappa shape index (κ1) is 15.8. The SMILES string of the molecule is O=C(NN=Cc1cc(Cl)ccc1O)c1cc(-c2ccccc2)n[nH]1. The number of phenols is 1. The topological polar surface area (TPSA) is 90.4 Å². The van der Waals surface area contributed by atoms with Crippen LogP contribution in [0.5, 0.6) is 5.75 Å². The van der Waals surface area contributed by atoms with E-state index in [0.717, 1.165) is 5.56 Å². The molecule has 1 amide bonds. The molecule has 7 heteroatoms. The highest BCUT2D eigenvalue weighted by Gasteiger charge is 2.10. The van der Waals surface area contributed by atoms with Gasteiger partial charge in [0.1, 0.15) is 11.4 Å². The van der Waals surface area contributed by atoms with Gasteiger partial charge in [0.2, 0.25) is 0 Å². The largest absolute Gasteiger partial charge is 0.507 e. The summed E-state index contributed by atoms with van der Waals surface area (Å²) in [5, 5.41) is 20.7. The molecule has 1 heterocycles. The Hall–Kier alpha value is -3.12. The lowest BCUT2D eigenvalue weighted by atomic mass is 10.1. The Labute approximate surface area is 142 Å². The average molecular weight is 341 g/mol. The first-order valence-corrected chi connectivity index (χ1v) is 7.44. The first-order chi connectivity index (χ1) is 11.6. The standard InChI is InChI=1S/C17H13ClN4O2/c18-13-6-7-16(23)12(8-13)10-19-22-17(24)15-9-14(20-21-15)11-4-2-1-3-5-11/h1-10,23H,(H,20,21)(H,22,24). The molecule has 24 heavy (non-hydrogen) atoms. The van der Waals surface area contributed by atoms with Crippen molar-refractivity contribution in [3.05, 3.63) is 70.9 Å². The predicted molar refractivity (Wildman–Crippen MR) is 92.2 cm³/mol. The van der Waals surface area contributed by atoms with Crippen LogP contribution in [0.25, 0.3) is 11.3 Å². The molecule has 0 saturated heterocycles. The second-order valence-corrected chi connectivity index (χ2v) is 5.37. The van der Waals surface area contributed by atoms with Crippen molar-refractivity contribution in [1.29, 1.82) is 0 Å². The summed E-state index contributed by atoms with van der Waals surface area (Å²) in [5.41, 5.74) is 4.61. The van der Waals surface area contributed by atoms with Crippen LogP contribution in [0.3, 0.4) is 0 Å². The van der Waals surface area contributed by atoms with Crippen molar-refractivity contribution in [2.75, 3.05) is 0 Å². The van der Waals surface area contributed by atoms with Crippen molar-refractivity contribution in [3.8, 4) is 17.0 Å². The van der Waals surface area contributed by atoms with E-state index in [2.05, 4.69) is 20.7 Å². The Morgan fingerprint density at radius 1 is 1.21 bits per heavy atom. The maximum atomic E-state index is 12.0. The number of rotatable bonds is 4. The Kier molecular flexibility index (Phi) is 4.58. The maximum absolute atomic E-state index is 12.0. The maximum Gasteiger partial charge on any atom is 0.289 e. The van der Waals surface area contributed by atoms with E-state index in [9.17, 15) is 9.90 Å². The molecule has 0 bridgehead atoms. The van der Waals surface area contributed by atoms with Crippen molar-refractivity contribution < 1.29 is 9.90 Å². The fourth-order valence-electron chi connectivity index (χ4n) is 2.04. The molecule has 0 spiro atoms. The molecule has 0 radical (unpaired) electrons. The van der Waals surface area contributed by atoms with Gasteiger partial charge in [-0.15, -0.1) is 0 Å². The summed E-state index contributed by atoms with van der Waals surface area (Å²) in [4.78, 5) is 12.0. The quantitative estimate of drug-likeness (QED) is 0.503. The lowest BCUT2D eigenvalue weighted by Gasteiger charge is -1.99. The number of aromatic hydroxyl groups is 1. The van der Waals surface area contributed by atoms with Crippen LogP contribution in [0, 0.1) is 0 Å². The number of halogens is 1. The molecule has 0 aliphatic heterocycles. The van der Waals surface area contributed by atoms with Gasteiger partial charge in [0, 0.05) is 16.1 Å². The Bertz CT molecular complexity index is 891. The molecular formula is C17H13ClN4O2. The van der Waals surface area contributed by atoms with Crippen molar-refractivity contribution in [3.63, 3.8) is 0 Å². The summed E-state index contributed by atoms with van der Waals surface area (Å²) in [5.74, 6) is -0.423. The predicted octanol–water partition coefficient (Wildman–Crippen LogP) is 3.20. The molecule has 0 atom stereocenters. The van der Waals surface area contributed by atoms with Gasteiger partial charge in [-0.3, -0.25) is 9.89 Å². The summed E-state index contributed by atoms with van der Waals surface area (Å²) >= 11 is 5.84. The average Bonchev–Trinajstić information content (AvgIpc) is 3.09. The first-order valence-electron chi connectivity index (χ1n) is 7.06. The summed E-state index contributed by atoms with van der Waals surface area (Å²) in [6, 6.07) is 15.7. The summed E-state index contributed by atoms with van der Waals surface area (Å²) in [6.45, 7) is 0. The molecule has 0 saturated carbocycles. The number of hydrogen-bond donors (Lipinski definition) is 3. The van der Waals surface area contributed by atoms with Gasteiger partial charge in [-0.1, -0.05) is 41.9 Å². The Morgan fingerprint density at radius 3 is 2.79 bits per heavy atom. The zero-order chi connectivity index (χ0) is 16.9. The molecule has 0 unspecified atom stereocenters. The fourth-order valence-corrected chi connectivity index (χ4v) is 2.22. The van der Waals surface area contributed by atoms with Crippen LogP contribution in [0.15, 0.2) is 59.7 Å². The van der Waals surface area contributed by atoms with Crippen LogP contribution in [0.4, 0.5) is 0 Å². The van der Waals surface area contributed by atoms with Crippen LogP contribution in [0.1, 0.15) is 16.1 Å². The molecule has 120 valence electrons. The van der Waals surface area contributed by atoms with E-state index in [1.807, 2.05) is 30.3 Å². The third kappa shape index (κ3) is 3.61. The molecule has 1 aromatic heterocycles. The second-order valence-electron chi connectivity index (χ2n) is 4.94. The highest BCUT2D eigenvalue weighted by molar-refractivity contribution is 6.30. The van der Waals surface area contributed by atoms with Gasteiger partial charge in [0.05, 0.1) is 11.9 Å². The highest BCUT2D eigenvalue weighted by Crippen LogP contribution is 2.19. The van der Waals surface area contributed by atoms with Gasteiger partial charge >= 0.3 is 0 Å². The van der Waals surface area contributed by atoms with Crippen molar-refractivity contribution in [1.82, 2.24) is 15.6 Å². The number of benzene rings is 2. The second kappa shape index (κ2) is 6.97. The molecular weight excluding hydrogens is 328 g/mol. The third-order valence-corrected chi connectivity index (χ3v) is 3.49. The number of H-pyrrole nitrogens is 1. The minimum atomic E-state index is -0.442. The molecule has 3 rings (SSSR count). The summed E-state index contributed by atoms with van der Waals surface area (Å²) in [7, 11) is 0. The van der Waals surface area contributed by atoms with Crippen molar-refractivity contribution >= 4 is 23.7 Å². The van der Waals surface area contributed by atoms with Crippen LogP contribution in [-0.4, -0.2) is 27.4 Å². The minimum Gasteiger partial charge on any atom is -0.507 e. The fraction of sp³-hybridized carbons (Fsp3) is 0. The number of aromatic amines is 1. The number of carbonyl (C=O) groups excluding carboxylic acids is 1. The molecule has 2 aromatic carbocycles. The van der Waals surface area contributed by atoms with Crippen LogP contribution < -0.4 is 5.43 Å². The number of carbonyl (C=O) groups is 1. The number of nitrogens with zero attached hydrogens (tertiary/aromatic N) is 2. The van der Waals surface area contributed by atoms with Gasteiger partial charge in [0.25, 0.3) is 5.91 Å². The van der Waals surface area contributed by atoms with E-state index in [-0.39, 0.29) is 11.4 Å². The molecule has 0 aliphatic rings. The minimum absolute atomic E-state index is 0.0188. The highest BCUT2D eigenvalue weighted by atomic mass is 35.5. The van der Waals surface area contributed by atoms with Crippen molar-refractivity contribution in [2.24, 2.45) is 5.10 Å². The van der Waals surface area contributed by atoms with Crippen LogP contribution in [-0.2, 0) is 0 Å². The lowest BCUT2D eigenvalue weighted by Crippen LogP contribution is -2.18. The normalized spacial score (nSPS) is 10.9. The number of nitrogens with one attached hydrogen (secondary N) is 2. The number of hydrogen-bond acceptors (Lipinski definition) is 4. The van der Waals surface area contributed by atoms with E-state index < -0.39 is 5.91 Å². The summed E-state index contributed by atoms with van der Waals surface area (Å²) < 4.78 is 0. The van der Waals surface area contributed by atoms with Gasteiger partial charge in [0.15, 0.2) is 0 Å². The van der Waals surface area contributed by atoms with Crippen LogP contribution >= 0.6 is 11.6 Å². The molecule has 0 aliphatic carbocycles. The van der Waals surface area contributed by atoms with Gasteiger partial charge in [-0.05, 0) is 24.3 Å². The monoisotopic (exact) mass is 340 g/mol. The molecule has 3 aromatic rings. The zero-order valence-corrected chi connectivity index (χ0v) is 13.2. The van der Waals surface area contributed by atoms with E-state index in [1.54, 1.807) is 12.1 Å². The molecule has 3 N–H and O–H groups in total. The molecule has 6 nitrogen and oxygen atoms in total. The lowest BCUT2D eigenvalue weighted by molar-refractivity contribution is 0.0950. The Balaban J connectivity index is 1.68. The smallest absolute Gasteiger partial charge is 0.289 e. The summed E-state index contributed by atoms with van der Waals surface area (Å²) in [6.07, 6.45) is 1.31. The van der Waals surface area contributed by atoms with Gasteiger partial charge in [-0.2, -0.15) is 10.2 Å². The van der Waals surface area contributed by atoms with E-state index >= 15 is 0 Å². The van der Waals surface area contributed by atoms with Gasteiger partial charge < -0.3 is 5.11 Å².